The summed E-state index contributed by atoms with van der Waals surface area (Å²) in [7, 11) is 0. The molecule has 2 aliphatic heterocycles. The third-order valence-electron chi connectivity index (χ3n) is 5.00. The van der Waals surface area contributed by atoms with Crippen LogP contribution in [-0.2, 0) is 19.1 Å². The second-order valence-corrected chi connectivity index (χ2v) is 6.35. The van der Waals surface area contributed by atoms with E-state index < -0.39 is 5.97 Å². The van der Waals surface area contributed by atoms with Gasteiger partial charge in [0.2, 0.25) is 0 Å². The van der Waals surface area contributed by atoms with E-state index in [1.165, 1.54) is 0 Å². The average molecular weight is 337 g/mol. The van der Waals surface area contributed by atoms with Gasteiger partial charge in [-0.2, -0.15) is 0 Å². The molecular formula is C18H27NO5. The first-order chi connectivity index (χ1) is 11.5. The first-order valence-electron chi connectivity index (χ1n) is 8.52. The van der Waals surface area contributed by atoms with Gasteiger partial charge in [0.15, 0.2) is 0 Å². The van der Waals surface area contributed by atoms with E-state index in [1.54, 1.807) is 26.0 Å². The summed E-state index contributed by atoms with van der Waals surface area (Å²) in [6.07, 6.45) is 4.88. The molecule has 3 atom stereocenters. The maximum absolute atomic E-state index is 12.0. The number of fused-ring (bicyclic) bond motifs is 1. The summed E-state index contributed by atoms with van der Waals surface area (Å²) >= 11 is 0. The summed E-state index contributed by atoms with van der Waals surface area (Å²) in [6, 6.07) is 0.106. The van der Waals surface area contributed by atoms with Crippen LogP contribution in [0.1, 0.15) is 33.6 Å². The Morgan fingerprint density at radius 3 is 2.50 bits per heavy atom. The molecule has 0 radical (unpaired) electrons. The van der Waals surface area contributed by atoms with E-state index in [9.17, 15) is 9.59 Å². The van der Waals surface area contributed by atoms with Crippen molar-refractivity contribution in [2.24, 2.45) is 5.92 Å². The highest BCUT2D eigenvalue weighted by Crippen LogP contribution is 2.35. The molecule has 2 fully saturated rings. The van der Waals surface area contributed by atoms with Gasteiger partial charge in [0, 0.05) is 18.0 Å². The molecule has 134 valence electrons. The SMILES string of the molecule is C/C=C(/C)C(=O)O[C@@H]1CCN2CC[C@H](COC(=O)/C(=C\C)CO)[C@H]12. The Hall–Kier alpha value is -1.66. The molecule has 2 rings (SSSR count). The Morgan fingerprint density at radius 2 is 1.88 bits per heavy atom. The number of aliphatic hydroxyl groups excluding tert-OH is 1. The summed E-state index contributed by atoms with van der Waals surface area (Å²) < 4.78 is 11.0. The summed E-state index contributed by atoms with van der Waals surface area (Å²) in [6.45, 7) is 7.05. The molecule has 0 aromatic carbocycles. The number of ether oxygens (including phenoxy) is 2. The van der Waals surface area contributed by atoms with E-state index >= 15 is 0 Å². The Kier molecular flexibility index (Phi) is 6.57. The third-order valence-corrected chi connectivity index (χ3v) is 5.00. The molecule has 0 spiro atoms. The van der Waals surface area contributed by atoms with Crippen molar-refractivity contribution in [3.05, 3.63) is 23.3 Å². The largest absolute Gasteiger partial charge is 0.462 e. The van der Waals surface area contributed by atoms with E-state index in [0.29, 0.717) is 5.57 Å². The van der Waals surface area contributed by atoms with Crippen molar-refractivity contribution in [3.8, 4) is 0 Å². The minimum absolute atomic E-state index is 0.106. The van der Waals surface area contributed by atoms with Crippen LogP contribution in [-0.4, -0.2) is 60.4 Å². The van der Waals surface area contributed by atoms with Crippen LogP contribution in [0, 0.1) is 5.92 Å². The lowest BCUT2D eigenvalue weighted by Gasteiger charge is -2.26. The number of hydrogen-bond donors (Lipinski definition) is 1. The molecule has 0 amide bonds. The third kappa shape index (κ3) is 4.05. The smallest absolute Gasteiger partial charge is 0.336 e. The van der Waals surface area contributed by atoms with Gasteiger partial charge in [0.1, 0.15) is 6.10 Å². The van der Waals surface area contributed by atoms with Crippen molar-refractivity contribution >= 4 is 11.9 Å². The van der Waals surface area contributed by atoms with Crippen molar-refractivity contribution < 1.29 is 24.2 Å². The number of aliphatic hydroxyl groups is 1. The van der Waals surface area contributed by atoms with Gasteiger partial charge in [-0.25, -0.2) is 9.59 Å². The maximum atomic E-state index is 12.0. The van der Waals surface area contributed by atoms with E-state index in [4.69, 9.17) is 14.6 Å². The first-order valence-corrected chi connectivity index (χ1v) is 8.52. The van der Waals surface area contributed by atoms with Crippen LogP contribution in [0.2, 0.25) is 0 Å². The fraction of sp³-hybridized carbons (Fsp3) is 0.667. The lowest BCUT2D eigenvalue weighted by molar-refractivity contribution is -0.148. The standard InChI is InChI=1S/C18H27NO5/c1-4-12(3)17(21)24-15-7-9-19-8-6-14(16(15)19)11-23-18(22)13(5-2)10-20/h4-5,14-16,20H,6-11H2,1-3H3/b12-4-,13-5-/t14-,15-,16-/m1/s1. The topological polar surface area (TPSA) is 76.1 Å². The highest BCUT2D eigenvalue weighted by molar-refractivity contribution is 5.88. The van der Waals surface area contributed by atoms with Crippen molar-refractivity contribution in [2.75, 3.05) is 26.3 Å². The van der Waals surface area contributed by atoms with Gasteiger partial charge in [-0.3, -0.25) is 4.90 Å². The van der Waals surface area contributed by atoms with Crippen LogP contribution in [0.3, 0.4) is 0 Å². The minimum Gasteiger partial charge on any atom is -0.462 e. The van der Waals surface area contributed by atoms with Crippen LogP contribution < -0.4 is 0 Å². The normalized spacial score (nSPS) is 27.9. The fourth-order valence-electron chi connectivity index (χ4n) is 3.42. The van der Waals surface area contributed by atoms with Gasteiger partial charge in [-0.05, 0) is 40.2 Å². The monoisotopic (exact) mass is 337 g/mol. The number of carbonyl (C=O) groups excluding carboxylic acids is 2. The van der Waals surface area contributed by atoms with Crippen LogP contribution in [0.25, 0.3) is 0 Å². The van der Waals surface area contributed by atoms with E-state index in [-0.39, 0.29) is 42.8 Å². The van der Waals surface area contributed by atoms with Crippen molar-refractivity contribution in [2.45, 2.75) is 45.8 Å². The maximum Gasteiger partial charge on any atom is 0.336 e. The lowest BCUT2D eigenvalue weighted by atomic mass is 9.97. The zero-order valence-corrected chi connectivity index (χ0v) is 14.7. The quantitative estimate of drug-likeness (QED) is 0.584. The molecule has 0 aliphatic carbocycles. The van der Waals surface area contributed by atoms with Gasteiger partial charge < -0.3 is 14.6 Å². The van der Waals surface area contributed by atoms with Crippen LogP contribution >= 0.6 is 0 Å². The number of esters is 2. The molecule has 6 nitrogen and oxygen atoms in total. The molecule has 0 aromatic rings. The average Bonchev–Trinajstić information content (AvgIpc) is 3.16. The molecule has 0 aromatic heterocycles. The number of hydrogen-bond acceptors (Lipinski definition) is 6. The highest BCUT2D eigenvalue weighted by atomic mass is 16.5. The predicted octanol–water partition coefficient (Wildman–Crippen LogP) is 1.44. The number of carbonyl (C=O) groups is 2. The second-order valence-electron chi connectivity index (χ2n) is 6.35. The highest BCUT2D eigenvalue weighted by Gasteiger charge is 2.46. The number of nitrogens with zero attached hydrogens (tertiary/aromatic N) is 1. The fourth-order valence-corrected chi connectivity index (χ4v) is 3.42. The minimum atomic E-state index is -0.477. The van der Waals surface area contributed by atoms with Gasteiger partial charge >= 0.3 is 11.9 Å². The van der Waals surface area contributed by atoms with Crippen LogP contribution in [0.15, 0.2) is 23.3 Å². The molecule has 0 unspecified atom stereocenters. The van der Waals surface area contributed by atoms with Crippen molar-refractivity contribution in [1.82, 2.24) is 4.90 Å². The van der Waals surface area contributed by atoms with Gasteiger partial charge in [0.25, 0.3) is 0 Å². The summed E-state index contributed by atoms with van der Waals surface area (Å²) in [5.74, 6) is -0.602. The zero-order valence-electron chi connectivity index (χ0n) is 14.7. The Morgan fingerprint density at radius 1 is 1.17 bits per heavy atom. The van der Waals surface area contributed by atoms with Crippen molar-refractivity contribution in [3.63, 3.8) is 0 Å². The lowest BCUT2D eigenvalue weighted by Crippen LogP contribution is -2.38. The second kappa shape index (κ2) is 8.44. The molecule has 2 saturated heterocycles. The van der Waals surface area contributed by atoms with Crippen LogP contribution in [0.5, 0.6) is 0 Å². The summed E-state index contributed by atoms with van der Waals surface area (Å²) in [4.78, 5) is 26.2. The Labute approximate surface area is 143 Å². The predicted molar refractivity (Wildman–Crippen MR) is 89.2 cm³/mol. The molecule has 24 heavy (non-hydrogen) atoms. The van der Waals surface area contributed by atoms with E-state index in [2.05, 4.69) is 4.90 Å². The Balaban J connectivity index is 1.95. The van der Waals surface area contributed by atoms with E-state index in [1.807, 2.05) is 6.92 Å². The number of rotatable bonds is 6. The molecular weight excluding hydrogens is 310 g/mol. The van der Waals surface area contributed by atoms with E-state index in [0.717, 1.165) is 25.9 Å². The van der Waals surface area contributed by atoms with Gasteiger partial charge in [-0.15, -0.1) is 0 Å². The molecule has 0 saturated carbocycles. The van der Waals surface area contributed by atoms with Crippen molar-refractivity contribution in [1.29, 1.82) is 0 Å². The molecule has 1 N–H and O–H groups in total. The molecule has 6 heteroatoms. The molecule has 2 aliphatic rings. The first kappa shape index (κ1) is 18.7. The van der Waals surface area contributed by atoms with Gasteiger partial charge in [-0.1, -0.05) is 12.2 Å². The number of allylic oxidation sites excluding steroid dienone is 2. The van der Waals surface area contributed by atoms with Crippen LogP contribution in [0.4, 0.5) is 0 Å². The Bertz CT molecular complexity index is 540. The van der Waals surface area contributed by atoms with Gasteiger partial charge in [0.05, 0.1) is 24.8 Å². The zero-order chi connectivity index (χ0) is 17.7. The molecule has 2 heterocycles. The summed E-state index contributed by atoms with van der Waals surface area (Å²) in [5, 5.41) is 9.12. The summed E-state index contributed by atoms with van der Waals surface area (Å²) in [5.41, 5.74) is 0.873. The molecule has 0 bridgehead atoms.